The molecular formula is C54H72N6O7S2. The van der Waals surface area contributed by atoms with Gasteiger partial charge in [-0.15, -0.1) is 11.3 Å². The van der Waals surface area contributed by atoms with Gasteiger partial charge in [0.15, 0.2) is 0 Å². The third-order valence-corrected chi connectivity index (χ3v) is 15.7. The normalized spacial score (nSPS) is 17.3. The molecule has 0 bridgehead atoms. The van der Waals surface area contributed by atoms with Gasteiger partial charge in [-0.05, 0) is 72.8 Å². The van der Waals surface area contributed by atoms with Gasteiger partial charge in [0.05, 0.1) is 41.7 Å². The Morgan fingerprint density at radius 1 is 0.870 bits per heavy atom. The van der Waals surface area contributed by atoms with Crippen LogP contribution in [0.4, 0.5) is 4.79 Å². The summed E-state index contributed by atoms with van der Waals surface area (Å²) in [5, 5.41) is 9.49. The predicted molar refractivity (Wildman–Crippen MR) is 276 cm³/mol. The Bertz CT molecular complexity index is 2330. The van der Waals surface area contributed by atoms with Crippen molar-refractivity contribution in [2.24, 2.45) is 17.8 Å². The Morgan fingerprint density at radius 2 is 1.49 bits per heavy atom. The van der Waals surface area contributed by atoms with Gasteiger partial charge in [-0.1, -0.05) is 126 Å². The zero-order valence-electron chi connectivity index (χ0n) is 42.1. The molecule has 0 unspecified atom stereocenters. The Hall–Kier alpha value is -5.22. The molecule has 2 N–H and O–H groups in total. The van der Waals surface area contributed by atoms with Gasteiger partial charge in [-0.25, -0.2) is 9.78 Å². The summed E-state index contributed by atoms with van der Waals surface area (Å²) in [6.07, 6.45) is 2.41. The van der Waals surface area contributed by atoms with E-state index in [0.29, 0.717) is 18.0 Å². The summed E-state index contributed by atoms with van der Waals surface area (Å²) in [5.74, 6) is -1.74. The monoisotopic (exact) mass is 980 g/mol. The molecule has 1 aliphatic carbocycles. The van der Waals surface area contributed by atoms with Crippen LogP contribution in [0.3, 0.4) is 0 Å². The zero-order chi connectivity index (χ0) is 50.2. The lowest BCUT2D eigenvalue weighted by molar-refractivity contribution is -0.147. The van der Waals surface area contributed by atoms with E-state index in [1.54, 1.807) is 57.5 Å². The standard InChI is InChI=1S/C54H72N6O7S2/c1-33(2)46(57-52(63)54(6,7)59(9)53(64)67-32-41-39-24-17-15-22-37(39)38-23-16-18-25-40(38)41)51(62)58(8)47(34(3)4)44(65-10)31-45(61)60-28-19-26-43(60)48(66-11)35(5)49(68)56-42(50-55-27-29-69-50)30-36-20-13-12-14-21-36/h12-18,20-25,27,29,33-35,41-44,46-48H,19,26,28,30-32H2,1-11H3,(H,56,68)(H,57,63)/t35-,42+,43+,44-,46+,47+,48-/m1/s1. The van der Waals surface area contributed by atoms with Gasteiger partial charge in [0.2, 0.25) is 17.7 Å². The molecule has 1 fully saturated rings. The Kier molecular flexibility index (Phi) is 18.2. The van der Waals surface area contributed by atoms with Crippen molar-refractivity contribution in [3.05, 3.63) is 112 Å². The largest absolute Gasteiger partial charge is 0.448 e. The summed E-state index contributed by atoms with van der Waals surface area (Å²) >= 11 is 7.65. The van der Waals surface area contributed by atoms with Crippen molar-refractivity contribution in [1.82, 2.24) is 30.3 Å². The van der Waals surface area contributed by atoms with E-state index in [4.69, 9.17) is 26.4 Å². The lowest BCUT2D eigenvalue weighted by atomic mass is 9.91. The highest BCUT2D eigenvalue weighted by atomic mass is 32.1. The van der Waals surface area contributed by atoms with Crippen molar-refractivity contribution in [3.8, 4) is 11.1 Å². The van der Waals surface area contributed by atoms with Crippen LogP contribution >= 0.6 is 23.6 Å². The first-order chi connectivity index (χ1) is 32.9. The van der Waals surface area contributed by atoms with Gasteiger partial charge in [0, 0.05) is 58.3 Å². The number of hydrogen-bond acceptors (Lipinski definition) is 10. The van der Waals surface area contributed by atoms with E-state index in [-0.39, 0.29) is 66.7 Å². The fourth-order valence-corrected chi connectivity index (χ4v) is 11.0. The number of thiocarbonyl (C=S) groups is 1. The number of carbonyl (C=O) groups is 4. The first kappa shape index (κ1) is 53.1. The molecular weight excluding hydrogens is 909 g/mol. The van der Waals surface area contributed by atoms with Crippen LogP contribution in [-0.2, 0) is 35.0 Å². The SMILES string of the molecule is CO[C@H]([C@@H](C)C(=S)N[C@@H](Cc1ccccc1)c1nccs1)[C@@H]1CCCN1C(=O)C[C@@H](OC)[C@H](C(C)C)N(C)C(=O)[C@@H](NC(=O)C(C)(C)N(C)C(=O)OCC1c2ccccc2-c2ccccc21)C(C)C. The molecule has 2 heterocycles. The first-order valence-corrected chi connectivity index (χ1v) is 25.4. The van der Waals surface area contributed by atoms with Crippen LogP contribution in [0.15, 0.2) is 90.4 Å². The van der Waals surface area contributed by atoms with Gasteiger partial charge in [0.1, 0.15) is 23.2 Å². The molecule has 69 heavy (non-hydrogen) atoms. The number of ether oxygens (including phenoxy) is 3. The molecule has 0 radical (unpaired) electrons. The zero-order valence-corrected chi connectivity index (χ0v) is 43.8. The molecule has 7 atom stereocenters. The van der Waals surface area contributed by atoms with Crippen LogP contribution < -0.4 is 10.6 Å². The fraction of sp³-hybridized carbons (Fsp3) is 0.519. The van der Waals surface area contributed by atoms with E-state index >= 15 is 0 Å². The molecule has 0 saturated carbocycles. The summed E-state index contributed by atoms with van der Waals surface area (Å²) in [7, 11) is 6.47. The molecule has 4 amide bonds. The Balaban J connectivity index is 1.09. The number of likely N-dealkylation sites (tertiary alicyclic amines) is 1. The van der Waals surface area contributed by atoms with E-state index < -0.39 is 35.7 Å². The van der Waals surface area contributed by atoms with E-state index in [1.807, 2.05) is 87.4 Å². The Labute approximate surface area is 418 Å². The second-order valence-electron chi connectivity index (χ2n) is 19.7. The number of rotatable bonds is 21. The van der Waals surface area contributed by atoms with Crippen molar-refractivity contribution in [2.75, 3.05) is 41.5 Å². The number of likely N-dealkylation sites (N-methyl/N-ethyl adjacent to an activating group) is 2. The van der Waals surface area contributed by atoms with Crippen molar-refractivity contribution in [1.29, 1.82) is 0 Å². The third kappa shape index (κ3) is 12.0. The minimum absolute atomic E-state index is 0.0286. The van der Waals surface area contributed by atoms with E-state index in [9.17, 15) is 19.2 Å². The van der Waals surface area contributed by atoms with Crippen LogP contribution in [0.2, 0.25) is 0 Å². The molecule has 372 valence electrons. The molecule has 3 aromatic carbocycles. The molecule has 1 aliphatic heterocycles. The van der Waals surface area contributed by atoms with Gasteiger partial charge in [-0.3, -0.25) is 19.3 Å². The molecule has 1 saturated heterocycles. The van der Waals surface area contributed by atoms with Crippen molar-refractivity contribution >= 4 is 52.4 Å². The van der Waals surface area contributed by atoms with Gasteiger partial charge in [-0.2, -0.15) is 0 Å². The third-order valence-electron chi connectivity index (χ3n) is 14.3. The highest BCUT2D eigenvalue weighted by molar-refractivity contribution is 7.80. The maximum absolute atomic E-state index is 14.6. The van der Waals surface area contributed by atoms with E-state index in [2.05, 4.69) is 52.0 Å². The smallest absolute Gasteiger partial charge is 0.410 e. The van der Waals surface area contributed by atoms with Crippen LogP contribution in [0, 0.1) is 17.8 Å². The molecule has 1 aromatic heterocycles. The summed E-state index contributed by atoms with van der Waals surface area (Å²) in [4.78, 5) is 66.9. The number of thiazole rings is 1. The molecule has 15 heteroatoms. The first-order valence-electron chi connectivity index (χ1n) is 24.2. The van der Waals surface area contributed by atoms with Crippen molar-refractivity contribution in [3.63, 3.8) is 0 Å². The van der Waals surface area contributed by atoms with Gasteiger partial charge < -0.3 is 34.6 Å². The number of carbonyl (C=O) groups excluding carboxylic acids is 4. The summed E-state index contributed by atoms with van der Waals surface area (Å²) in [6, 6.07) is 24.6. The molecule has 4 aromatic rings. The lowest BCUT2D eigenvalue weighted by Gasteiger charge is -2.41. The van der Waals surface area contributed by atoms with E-state index in [1.165, 1.54) is 17.5 Å². The summed E-state index contributed by atoms with van der Waals surface area (Å²) in [6.45, 7) is 13.7. The predicted octanol–water partition coefficient (Wildman–Crippen LogP) is 8.67. The van der Waals surface area contributed by atoms with Crippen LogP contribution in [0.5, 0.6) is 0 Å². The average molecular weight is 981 g/mol. The highest BCUT2D eigenvalue weighted by Gasteiger charge is 2.44. The number of methoxy groups -OCH3 is 2. The molecule has 0 spiro atoms. The number of nitrogens with one attached hydrogen (secondary N) is 2. The van der Waals surface area contributed by atoms with Crippen LogP contribution in [0.25, 0.3) is 11.1 Å². The minimum Gasteiger partial charge on any atom is -0.448 e. The summed E-state index contributed by atoms with van der Waals surface area (Å²) in [5.41, 5.74) is 4.19. The Morgan fingerprint density at radius 3 is 2.06 bits per heavy atom. The second-order valence-corrected chi connectivity index (χ2v) is 21.1. The van der Waals surface area contributed by atoms with Crippen molar-refractivity contribution in [2.45, 2.75) is 122 Å². The minimum atomic E-state index is -1.39. The van der Waals surface area contributed by atoms with Crippen molar-refractivity contribution < 1.29 is 33.4 Å². The van der Waals surface area contributed by atoms with E-state index in [0.717, 1.165) is 40.1 Å². The van der Waals surface area contributed by atoms with Crippen LogP contribution in [-0.4, -0.2) is 126 Å². The van der Waals surface area contributed by atoms with Crippen LogP contribution in [0.1, 0.15) is 101 Å². The summed E-state index contributed by atoms with van der Waals surface area (Å²) < 4.78 is 18.2. The molecule has 6 rings (SSSR count). The highest BCUT2D eigenvalue weighted by Crippen LogP contribution is 2.44. The number of benzene rings is 3. The fourth-order valence-electron chi connectivity index (χ4n) is 10.1. The quantitative estimate of drug-likeness (QED) is 0.0780. The molecule has 13 nitrogen and oxygen atoms in total. The average Bonchev–Trinajstić information content (AvgIpc) is 4.12. The molecule has 2 aliphatic rings. The number of amides is 4. The number of fused-ring (bicyclic) bond motifs is 3. The van der Waals surface area contributed by atoms with Gasteiger partial charge >= 0.3 is 6.09 Å². The topological polar surface area (TPSA) is 143 Å². The number of aromatic nitrogens is 1. The lowest BCUT2D eigenvalue weighted by Crippen LogP contribution is -2.62. The maximum atomic E-state index is 14.6. The second kappa shape index (κ2) is 23.6. The van der Waals surface area contributed by atoms with Gasteiger partial charge in [0.25, 0.3) is 0 Å². The number of nitrogens with zero attached hydrogens (tertiary/aromatic N) is 4. The number of hydrogen-bond donors (Lipinski definition) is 2. The maximum Gasteiger partial charge on any atom is 0.410 e.